The quantitative estimate of drug-likeness (QED) is 0.771. The molecule has 1 aromatic carbocycles. The Morgan fingerprint density at radius 1 is 1.09 bits per heavy atom. The van der Waals surface area contributed by atoms with Gasteiger partial charge in [-0.3, -0.25) is 0 Å². The first-order chi connectivity index (χ1) is 11.2. The second-order valence-electron chi connectivity index (χ2n) is 6.09. The van der Waals surface area contributed by atoms with Gasteiger partial charge in [-0.1, -0.05) is 13.0 Å². The van der Waals surface area contributed by atoms with Gasteiger partial charge in [0, 0.05) is 12.3 Å². The van der Waals surface area contributed by atoms with Crippen molar-refractivity contribution in [2.24, 2.45) is 5.92 Å². The second kappa shape index (κ2) is 7.36. The van der Waals surface area contributed by atoms with Crippen LogP contribution in [0.1, 0.15) is 26.7 Å². The molecule has 1 saturated carbocycles. The van der Waals surface area contributed by atoms with Crippen LogP contribution < -0.4 is 14.2 Å². The molecule has 23 heavy (non-hydrogen) atoms. The van der Waals surface area contributed by atoms with Gasteiger partial charge in [0.1, 0.15) is 30.3 Å². The maximum atomic E-state index is 5.93. The molecule has 0 bridgehead atoms. The highest BCUT2D eigenvalue weighted by Crippen LogP contribution is 2.31. The molecule has 1 aliphatic rings. The fourth-order valence-corrected chi connectivity index (χ4v) is 2.47. The zero-order valence-corrected chi connectivity index (χ0v) is 13.6. The largest absolute Gasteiger partial charge is 0.490 e. The molecule has 1 aliphatic carbocycles. The van der Waals surface area contributed by atoms with Crippen molar-refractivity contribution < 1.29 is 14.2 Å². The number of hydrogen-bond donors (Lipinski definition) is 0. The van der Waals surface area contributed by atoms with Crippen LogP contribution in [0.5, 0.6) is 17.4 Å². The topological polar surface area (TPSA) is 40.6 Å². The normalized spacial score (nSPS) is 21.1. The Kier molecular flexibility index (Phi) is 5.01. The molecule has 2 aromatic rings. The third-order valence-corrected chi connectivity index (χ3v) is 4.10. The lowest BCUT2D eigenvalue weighted by Gasteiger charge is -2.33. The Labute approximate surface area is 137 Å². The number of benzene rings is 1. The van der Waals surface area contributed by atoms with Crippen molar-refractivity contribution in [2.75, 3.05) is 6.61 Å². The summed E-state index contributed by atoms with van der Waals surface area (Å²) in [6.07, 6.45) is 4.43. The van der Waals surface area contributed by atoms with E-state index in [2.05, 4.69) is 11.9 Å². The highest BCUT2D eigenvalue weighted by molar-refractivity contribution is 5.31. The van der Waals surface area contributed by atoms with Crippen LogP contribution in [0.2, 0.25) is 0 Å². The zero-order chi connectivity index (χ0) is 16.1. The number of aromatic nitrogens is 1. The van der Waals surface area contributed by atoms with E-state index in [9.17, 15) is 0 Å². The third kappa shape index (κ3) is 4.38. The molecular weight excluding hydrogens is 290 g/mol. The van der Waals surface area contributed by atoms with E-state index in [0.29, 0.717) is 24.5 Å². The van der Waals surface area contributed by atoms with Gasteiger partial charge in [-0.15, -0.1) is 0 Å². The molecule has 0 N–H and O–H groups in total. The summed E-state index contributed by atoms with van der Waals surface area (Å²) in [5.41, 5.74) is 0. The Balaban J connectivity index is 1.44. The van der Waals surface area contributed by atoms with Crippen LogP contribution in [0, 0.1) is 5.92 Å². The molecule has 0 saturated heterocycles. The summed E-state index contributed by atoms with van der Waals surface area (Å²) >= 11 is 0. The maximum absolute atomic E-state index is 5.93. The minimum absolute atomic E-state index is 0.0725. The lowest BCUT2D eigenvalue weighted by Crippen LogP contribution is -2.34. The van der Waals surface area contributed by atoms with Gasteiger partial charge in [0.15, 0.2) is 0 Å². The highest BCUT2D eigenvalue weighted by atomic mass is 16.5. The number of hydrogen-bond acceptors (Lipinski definition) is 4. The predicted octanol–water partition coefficient (Wildman–Crippen LogP) is 4.11. The van der Waals surface area contributed by atoms with Crippen molar-refractivity contribution in [3.05, 3.63) is 48.7 Å². The Bertz CT molecular complexity index is 600. The van der Waals surface area contributed by atoms with Gasteiger partial charge in [0.25, 0.3) is 0 Å². The molecule has 3 rings (SSSR count). The minimum atomic E-state index is -0.0725. The molecule has 122 valence electrons. The third-order valence-electron chi connectivity index (χ3n) is 4.10. The number of rotatable bonds is 7. The van der Waals surface area contributed by atoms with Crippen LogP contribution in [0.15, 0.2) is 48.7 Å². The van der Waals surface area contributed by atoms with Crippen molar-refractivity contribution in [3.63, 3.8) is 0 Å². The van der Waals surface area contributed by atoms with Gasteiger partial charge >= 0.3 is 0 Å². The van der Waals surface area contributed by atoms with E-state index < -0.39 is 0 Å². The minimum Gasteiger partial charge on any atom is -0.490 e. The molecular formula is C19H23NO3. The number of ether oxygens (including phenoxy) is 3. The summed E-state index contributed by atoms with van der Waals surface area (Å²) in [6, 6.07) is 13.4. The first-order valence-electron chi connectivity index (χ1n) is 8.18. The van der Waals surface area contributed by atoms with E-state index in [-0.39, 0.29) is 6.10 Å². The first-order valence-corrected chi connectivity index (χ1v) is 8.18. The zero-order valence-electron chi connectivity index (χ0n) is 13.6. The molecule has 0 spiro atoms. The molecule has 1 heterocycles. The van der Waals surface area contributed by atoms with Crippen molar-refractivity contribution >= 4 is 0 Å². The van der Waals surface area contributed by atoms with E-state index in [4.69, 9.17) is 14.2 Å². The van der Waals surface area contributed by atoms with Crippen LogP contribution in [0.4, 0.5) is 0 Å². The molecule has 0 radical (unpaired) electrons. The molecule has 1 aromatic heterocycles. The Hall–Kier alpha value is -2.23. The van der Waals surface area contributed by atoms with Gasteiger partial charge in [-0.2, -0.15) is 0 Å². The molecule has 2 unspecified atom stereocenters. The van der Waals surface area contributed by atoms with Gasteiger partial charge < -0.3 is 14.2 Å². The molecule has 3 atom stereocenters. The summed E-state index contributed by atoms with van der Waals surface area (Å²) in [5, 5.41) is 0. The summed E-state index contributed by atoms with van der Waals surface area (Å²) in [4.78, 5) is 4.14. The van der Waals surface area contributed by atoms with Gasteiger partial charge in [0.2, 0.25) is 5.88 Å². The average Bonchev–Trinajstić information content (AvgIpc) is 2.58. The Morgan fingerprint density at radius 3 is 2.48 bits per heavy atom. The fraction of sp³-hybridized carbons (Fsp3) is 0.421. The second-order valence-corrected chi connectivity index (χ2v) is 6.09. The van der Waals surface area contributed by atoms with Crippen molar-refractivity contribution in [3.8, 4) is 17.4 Å². The monoisotopic (exact) mass is 313 g/mol. The summed E-state index contributed by atoms with van der Waals surface area (Å²) < 4.78 is 17.4. The SMILES string of the molecule is CC(COc1ccc(OC2CC[C@@H]2C)cc1)Oc1ccccn1. The van der Waals surface area contributed by atoms with E-state index in [0.717, 1.165) is 17.9 Å². The lowest BCUT2D eigenvalue weighted by atomic mass is 9.83. The van der Waals surface area contributed by atoms with E-state index in [1.165, 1.54) is 6.42 Å². The summed E-state index contributed by atoms with van der Waals surface area (Å²) in [5.74, 6) is 3.00. The molecule has 0 aliphatic heterocycles. The van der Waals surface area contributed by atoms with Crippen LogP contribution in [0.25, 0.3) is 0 Å². The summed E-state index contributed by atoms with van der Waals surface area (Å²) in [7, 11) is 0. The van der Waals surface area contributed by atoms with E-state index in [1.807, 2.05) is 49.4 Å². The first kappa shape index (κ1) is 15.7. The average molecular weight is 313 g/mol. The fourth-order valence-electron chi connectivity index (χ4n) is 2.47. The van der Waals surface area contributed by atoms with Crippen LogP contribution >= 0.6 is 0 Å². The molecule has 0 amide bonds. The van der Waals surface area contributed by atoms with Crippen molar-refractivity contribution in [1.29, 1.82) is 0 Å². The maximum Gasteiger partial charge on any atom is 0.213 e. The van der Waals surface area contributed by atoms with Crippen LogP contribution in [-0.4, -0.2) is 23.8 Å². The van der Waals surface area contributed by atoms with Crippen molar-refractivity contribution in [1.82, 2.24) is 4.98 Å². The molecule has 4 nitrogen and oxygen atoms in total. The van der Waals surface area contributed by atoms with E-state index >= 15 is 0 Å². The van der Waals surface area contributed by atoms with E-state index in [1.54, 1.807) is 6.20 Å². The number of pyridine rings is 1. The van der Waals surface area contributed by atoms with Crippen molar-refractivity contribution in [2.45, 2.75) is 38.9 Å². The number of nitrogens with zero attached hydrogens (tertiary/aromatic N) is 1. The van der Waals surface area contributed by atoms with Gasteiger partial charge in [-0.25, -0.2) is 4.98 Å². The van der Waals surface area contributed by atoms with Gasteiger partial charge in [-0.05, 0) is 56.0 Å². The summed E-state index contributed by atoms with van der Waals surface area (Å²) in [6.45, 7) is 4.66. The predicted molar refractivity (Wildman–Crippen MR) is 89.1 cm³/mol. The Morgan fingerprint density at radius 2 is 1.87 bits per heavy atom. The van der Waals surface area contributed by atoms with Gasteiger partial charge in [0.05, 0.1) is 0 Å². The van der Waals surface area contributed by atoms with Crippen LogP contribution in [0.3, 0.4) is 0 Å². The smallest absolute Gasteiger partial charge is 0.213 e. The van der Waals surface area contributed by atoms with Crippen LogP contribution in [-0.2, 0) is 0 Å². The standard InChI is InChI=1S/C19H23NO3/c1-14-6-11-18(14)23-17-9-7-16(8-10-17)21-13-15(2)22-19-5-3-4-12-20-19/h3-5,7-10,12,14-15,18H,6,11,13H2,1-2H3/t14-,15?,18?/m0/s1. The highest BCUT2D eigenvalue weighted by Gasteiger charge is 2.28. The lowest BCUT2D eigenvalue weighted by molar-refractivity contribution is 0.0576. The molecule has 4 heteroatoms. The molecule has 1 fully saturated rings.